The lowest BCUT2D eigenvalue weighted by atomic mass is 10.2. The highest BCUT2D eigenvalue weighted by Crippen LogP contribution is 2.20. The summed E-state index contributed by atoms with van der Waals surface area (Å²) < 4.78 is 18.6. The standard InChI is InChI=1S/C15H11FN4O3/c16-10-5-2-1-4-9(10)15-19-12(20-23-15)8-17-14(22)11-6-3-7-13(21)18-11/h1-7H,8H2,(H,17,22)(H,18,21). The van der Waals surface area contributed by atoms with Crippen LogP contribution < -0.4 is 10.9 Å². The van der Waals surface area contributed by atoms with E-state index in [0.29, 0.717) is 0 Å². The number of carbonyl (C=O) groups is 1. The molecule has 0 saturated carbocycles. The number of amides is 1. The Hall–Kier alpha value is -3.29. The van der Waals surface area contributed by atoms with E-state index in [4.69, 9.17) is 4.52 Å². The number of aromatic nitrogens is 3. The molecule has 0 spiro atoms. The van der Waals surface area contributed by atoms with Crippen LogP contribution in [0.2, 0.25) is 0 Å². The molecule has 2 heterocycles. The maximum Gasteiger partial charge on any atom is 0.268 e. The normalized spacial score (nSPS) is 10.5. The summed E-state index contributed by atoms with van der Waals surface area (Å²) in [6.45, 7) is -0.0201. The van der Waals surface area contributed by atoms with Crippen molar-refractivity contribution in [2.24, 2.45) is 0 Å². The molecule has 3 rings (SSSR count). The van der Waals surface area contributed by atoms with E-state index in [1.807, 2.05) is 0 Å². The fourth-order valence-electron chi connectivity index (χ4n) is 1.90. The van der Waals surface area contributed by atoms with Crippen LogP contribution >= 0.6 is 0 Å². The third-order valence-corrected chi connectivity index (χ3v) is 2.99. The SMILES string of the molecule is O=C(NCc1noc(-c2ccccc2F)n1)c1cccc(=O)[nH]1. The molecule has 0 fully saturated rings. The Morgan fingerprint density at radius 1 is 1.22 bits per heavy atom. The Bertz CT molecular complexity index is 903. The molecule has 0 saturated heterocycles. The van der Waals surface area contributed by atoms with Crippen molar-refractivity contribution in [2.45, 2.75) is 6.54 Å². The van der Waals surface area contributed by atoms with Gasteiger partial charge >= 0.3 is 0 Å². The number of hydrogen-bond acceptors (Lipinski definition) is 5. The highest BCUT2D eigenvalue weighted by atomic mass is 19.1. The van der Waals surface area contributed by atoms with Crippen LogP contribution in [-0.4, -0.2) is 21.0 Å². The van der Waals surface area contributed by atoms with Crippen molar-refractivity contribution in [1.82, 2.24) is 20.4 Å². The van der Waals surface area contributed by atoms with E-state index < -0.39 is 11.7 Å². The summed E-state index contributed by atoms with van der Waals surface area (Å²) >= 11 is 0. The van der Waals surface area contributed by atoms with Gasteiger partial charge in [-0.05, 0) is 18.2 Å². The largest absolute Gasteiger partial charge is 0.343 e. The van der Waals surface area contributed by atoms with Gasteiger partial charge in [0.05, 0.1) is 12.1 Å². The minimum absolute atomic E-state index is 0.0201. The van der Waals surface area contributed by atoms with Gasteiger partial charge in [0.15, 0.2) is 5.82 Å². The number of rotatable bonds is 4. The molecule has 0 radical (unpaired) electrons. The Kier molecular flexibility index (Phi) is 3.96. The van der Waals surface area contributed by atoms with E-state index in [1.165, 1.54) is 30.3 Å². The predicted octanol–water partition coefficient (Wildman–Crippen LogP) is 1.49. The topological polar surface area (TPSA) is 101 Å². The van der Waals surface area contributed by atoms with Crippen LogP contribution in [0.1, 0.15) is 16.3 Å². The number of nitrogens with zero attached hydrogens (tertiary/aromatic N) is 2. The van der Waals surface area contributed by atoms with Gasteiger partial charge in [-0.3, -0.25) is 9.59 Å². The molecule has 0 unspecified atom stereocenters. The summed E-state index contributed by atoms with van der Waals surface area (Å²) in [5.41, 5.74) is -0.0701. The second-order valence-corrected chi connectivity index (χ2v) is 4.61. The van der Waals surface area contributed by atoms with Gasteiger partial charge in [-0.2, -0.15) is 4.98 Å². The van der Waals surface area contributed by atoms with Crippen molar-refractivity contribution in [3.8, 4) is 11.5 Å². The Balaban J connectivity index is 1.69. The molecule has 0 atom stereocenters. The highest BCUT2D eigenvalue weighted by molar-refractivity contribution is 5.92. The molecule has 23 heavy (non-hydrogen) atoms. The summed E-state index contributed by atoms with van der Waals surface area (Å²) in [7, 11) is 0. The van der Waals surface area contributed by atoms with Crippen LogP contribution in [0, 0.1) is 5.82 Å². The number of hydrogen-bond donors (Lipinski definition) is 2. The maximum absolute atomic E-state index is 13.6. The van der Waals surface area contributed by atoms with Crippen LogP contribution in [0.25, 0.3) is 11.5 Å². The first-order chi connectivity index (χ1) is 11.1. The molecule has 1 aromatic carbocycles. The lowest BCUT2D eigenvalue weighted by Crippen LogP contribution is -2.26. The first-order valence-electron chi connectivity index (χ1n) is 6.68. The summed E-state index contributed by atoms with van der Waals surface area (Å²) in [6.07, 6.45) is 0. The number of nitrogens with one attached hydrogen (secondary N) is 2. The van der Waals surface area contributed by atoms with E-state index in [1.54, 1.807) is 12.1 Å². The number of aromatic amines is 1. The van der Waals surface area contributed by atoms with Crippen LogP contribution in [0.3, 0.4) is 0 Å². The van der Waals surface area contributed by atoms with E-state index >= 15 is 0 Å². The van der Waals surface area contributed by atoms with Gasteiger partial charge in [0.2, 0.25) is 5.56 Å². The van der Waals surface area contributed by atoms with Crippen molar-refractivity contribution < 1.29 is 13.7 Å². The highest BCUT2D eigenvalue weighted by Gasteiger charge is 2.13. The zero-order chi connectivity index (χ0) is 16.2. The summed E-state index contributed by atoms with van der Waals surface area (Å²) in [5, 5.41) is 6.21. The second kappa shape index (κ2) is 6.22. The van der Waals surface area contributed by atoms with Gasteiger partial charge in [-0.1, -0.05) is 23.4 Å². The molecular formula is C15H11FN4O3. The number of pyridine rings is 1. The fourth-order valence-corrected chi connectivity index (χ4v) is 1.90. The van der Waals surface area contributed by atoms with Crippen molar-refractivity contribution in [1.29, 1.82) is 0 Å². The van der Waals surface area contributed by atoms with Crippen LogP contribution in [-0.2, 0) is 6.54 Å². The van der Waals surface area contributed by atoms with Gasteiger partial charge in [0.1, 0.15) is 11.5 Å². The maximum atomic E-state index is 13.6. The molecule has 116 valence electrons. The number of carbonyl (C=O) groups excluding carboxylic acids is 1. The van der Waals surface area contributed by atoms with E-state index in [2.05, 4.69) is 20.4 Å². The number of benzene rings is 1. The first kappa shape index (κ1) is 14.6. The Morgan fingerprint density at radius 3 is 2.83 bits per heavy atom. The van der Waals surface area contributed by atoms with Gasteiger partial charge in [-0.25, -0.2) is 4.39 Å². The third-order valence-electron chi connectivity index (χ3n) is 2.99. The molecule has 7 nitrogen and oxygen atoms in total. The summed E-state index contributed by atoms with van der Waals surface area (Å²) in [4.78, 5) is 29.4. The minimum Gasteiger partial charge on any atom is -0.343 e. The molecule has 0 aliphatic heterocycles. The third kappa shape index (κ3) is 3.31. The lowest BCUT2D eigenvalue weighted by molar-refractivity contribution is 0.0944. The van der Waals surface area contributed by atoms with Crippen LogP contribution in [0.15, 0.2) is 51.8 Å². The zero-order valence-electron chi connectivity index (χ0n) is 11.7. The number of halogens is 1. The monoisotopic (exact) mass is 314 g/mol. The second-order valence-electron chi connectivity index (χ2n) is 4.61. The average Bonchev–Trinajstić information content (AvgIpc) is 3.02. The quantitative estimate of drug-likeness (QED) is 0.760. The summed E-state index contributed by atoms with van der Waals surface area (Å²) in [5.74, 6) is -0.746. The molecular weight excluding hydrogens is 303 g/mol. The molecule has 0 aliphatic rings. The Labute approximate surface area is 129 Å². The van der Waals surface area contributed by atoms with Crippen molar-refractivity contribution >= 4 is 5.91 Å². The predicted molar refractivity (Wildman–Crippen MR) is 77.9 cm³/mol. The molecule has 2 N–H and O–H groups in total. The van der Waals surface area contributed by atoms with Crippen LogP contribution in [0.4, 0.5) is 4.39 Å². The lowest BCUT2D eigenvalue weighted by Gasteiger charge is -2.01. The number of H-pyrrole nitrogens is 1. The molecule has 8 heteroatoms. The van der Waals surface area contributed by atoms with E-state index in [0.717, 1.165) is 0 Å². The van der Waals surface area contributed by atoms with Gasteiger partial charge in [-0.15, -0.1) is 0 Å². The first-order valence-corrected chi connectivity index (χ1v) is 6.68. The summed E-state index contributed by atoms with van der Waals surface area (Å²) in [6, 6.07) is 10.2. The fraction of sp³-hybridized carbons (Fsp3) is 0.0667. The van der Waals surface area contributed by atoms with Crippen molar-refractivity contribution in [2.75, 3.05) is 0 Å². The average molecular weight is 314 g/mol. The minimum atomic E-state index is -0.486. The molecule has 1 amide bonds. The molecule has 0 bridgehead atoms. The van der Waals surface area contributed by atoms with Gasteiger partial charge in [0.25, 0.3) is 11.8 Å². The van der Waals surface area contributed by atoms with Gasteiger partial charge < -0.3 is 14.8 Å². The molecule has 3 aromatic rings. The van der Waals surface area contributed by atoms with Crippen molar-refractivity contribution in [3.05, 3.63) is 70.2 Å². The molecule has 2 aromatic heterocycles. The van der Waals surface area contributed by atoms with Crippen LogP contribution in [0.5, 0.6) is 0 Å². The van der Waals surface area contributed by atoms with Crippen molar-refractivity contribution in [3.63, 3.8) is 0 Å². The zero-order valence-corrected chi connectivity index (χ0v) is 11.7. The Morgan fingerprint density at radius 2 is 2.04 bits per heavy atom. The molecule has 0 aliphatic carbocycles. The van der Waals surface area contributed by atoms with Gasteiger partial charge in [0, 0.05) is 6.07 Å². The smallest absolute Gasteiger partial charge is 0.268 e. The van der Waals surface area contributed by atoms with E-state index in [9.17, 15) is 14.0 Å². The van der Waals surface area contributed by atoms with E-state index in [-0.39, 0.29) is 35.1 Å².